The van der Waals surface area contributed by atoms with Crippen molar-refractivity contribution in [1.29, 1.82) is 0 Å². The van der Waals surface area contributed by atoms with E-state index in [2.05, 4.69) is 0 Å². The molecule has 0 saturated carbocycles. The Morgan fingerprint density at radius 1 is 1.21 bits per heavy atom. The summed E-state index contributed by atoms with van der Waals surface area (Å²) < 4.78 is 11.8. The molecule has 1 aromatic carbocycles. The lowest BCUT2D eigenvalue weighted by atomic mass is 10.0. The fraction of sp³-hybridized carbons (Fsp3) is 0.533. The van der Waals surface area contributed by atoms with Gasteiger partial charge in [0.2, 0.25) is 0 Å². The van der Waals surface area contributed by atoms with Gasteiger partial charge < -0.3 is 5.73 Å². The van der Waals surface area contributed by atoms with Crippen molar-refractivity contribution in [3.8, 4) is 0 Å². The summed E-state index contributed by atoms with van der Waals surface area (Å²) in [6, 6.07) is 8.97. The third-order valence-corrected chi connectivity index (χ3v) is 3.86. The summed E-state index contributed by atoms with van der Waals surface area (Å²) >= 11 is 0. The molecule has 108 valence electrons. The molecule has 0 radical (unpaired) electrons. The van der Waals surface area contributed by atoms with Gasteiger partial charge in [-0.1, -0.05) is 58.0 Å². The van der Waals surface area contributed by atoms with Crippen LogP contribution < -0.4 is 5.73 Å². The highest BCUT2D eigenvalue weighted by molar-refractivity contribution is 7.84. The molecule has 2 atom stereocenters. The number of Topliss-reactive ketones (excluding diaryl/α,β-unsaturated/α-hetero) is 1. The first-order chi connectivity index (χ1) is 9.00. The molecule has 0 aliphatic rings. The van der Waals surface area contributed by atoms with Crippen molar-refractivity contribution in [2.45, 2.75) is 39.5 Å². The van der Waals surface area contributed by atoms with Gasteiger partial charge in [-0.25, -0.2) is 0 Å². The second-order valence-corrected chi connectivity index (χ2v) is 5.90. The van der Waals surface area contributed by atoms with E-state index in [-0.39, 0.29) is 17.5 Å². The van der Waals surface area contributed by atoms with Crippen LogP contribution in [0.5, 0.6) is 0 Å². The standard InChI is InChI=1S/C13H19NO2S.C2H6/c1-10(2)13(15)12(14)9-17(16)8-11-6-4-3-5-7-11;1-2/h3-7,10,12H,8-9,14H2,1-2H3;1-2H3. The highest BCUT2D eigenvalue weighted by Gasteiger charge is 2.19. The third-order valence-electron chi connectivity index (χ3n) is 2.47. The van der Waals surface area contributed by atoms with Crippen LogP contribution in [-0.4, -0.2) is 21.8 Å². The summed E-state index contributed by atoms with van der Waals surface area (Å²) in [5, 5.41) is 0. The van der Waals surface area contributed by atoms with E-state index >= 15 is 0 Å². The van der Waals surface area contributed by atoms with E-state index in [1.54, 1.807) is 0 Å². The second kappa shape index (κ2) is 9.87. The molecule has 1 rings (SSSR count). The molecule has 0 aliphatic heterocycles. The zero-order chi connectivity index (χ0) is 14.8. The zero-order valence-electron chi connectivity index (χ0n) is 12.3. The van der Waals surface area contributed by atoms with Crippen LogP contribution in [0.15, 0.2) is 30.3 Å². The van der Waals surface area contributed by atoms with Crippen LogP contribution in [0.3, 0.4) is 0 Å². The van der Waals surface area contributed by atoms with Crippen LogP contribution in [0.4, 0.5) is 0 Å². The van der Waals surface area contributed by atoms with Gasteiger partial charge in [0.25, 0.3) is 0 Å². The first kappa shape index (κ1) is 18.0. The van der Waals surface area contributed by atoms with Gasteiger partial charge in [-0.3, -0.25) is 9.00 Å². The van der Waals surface area contributed by atoms with Crippen molar-refractivity contribution in [1.82, 2.24) is 0 Å². The lowest BCUT2D eigenvalue weighted by molar-refractivity contribution is -0.122. The summed E-state index contributed by atoms with van der Waals surface area (Å²) in [7, 11) is -1.08. The molecule has 3 nitrogen and oxygen atoms in total. The normalized spacial score (nSPS) is 13.4. The molecular weight excluding hydrogens is 258 g/mol. The summed E-state index contributed by atoms with van der Waals surface area (Å²) in [5.74, 6) is 0.580. The van der Waals surface area contributed by atoms with Gasteiger partial charge in [0, 0.05) is 28.2 Å². The highest BCUT2D eigenvalue weighted by atomic mass is 32.2. The van der Waals surface area contributed by atoms with E-state index in [4.69, 9.17) is 5.73 Å². The fourth-order valence-electron chi connectivity index (χ4n) is 1.53. The third kappa shape index (κ3) is 7.23. The van der Waals surface area contributed by atoms with Gasteiger partial charge in [-0.15, -0.1) is 0 Å². The molecule has 0 spiro atoms. The van der Waals surface area contributed by atoms with Gasteiger partial charge in [-0.05, 0) is 5.56 Å². The molecule has 0 aliphatic carbocycles. The van der Waals surface area contributed by atoms with Crippen molar-refractivity contribution in [2.24, 2.45) is 11.7 Å². The van der Waals surface area contributed by atoms with Crippen LogP contribution in [0, 0.1) is 5.92 Å². The number of rotatable bonds is 6. The first-order valence-electron chi connectivity index (χ1n) is 6.69. The van der Waals surface area contributed by atoms with E-state index < -0.39 is 16.8 Å². The van der Waals surface area contributed by atoms with Crippen molar-refractivity contribution >= 4 is 16.6 Å². The Kier molecular flexibility index (Phi) is 9.35. The number of carbonyl (C=O) groups is 1. The number of hydrogen-bond acceptors (Lipinski definition) is 3. The molecule has 4 heteroatoms. The van der Waals surface area contributed by atoms with E-state index in [1.807, 2.05) is 58.0 Å². The van der Waals surface area contributed by atoms with Crippen LogP contribution in [0.1, 0.15) is 33.3 Å². The smallest absolute Gasteiger partial charge is 0.152 e. The lowest BCUT2D eigenvalue weighted by Gasteiger charge is -2.12. The summed E-state index contributed by atoms with van der Waals surface area (Å²) in [6.07, 6.45) is 0. The van der Waals surface area contributed by atoms with E-state index in [1.165, 1.54) is 0 Å². The van der Waals surface area contributed by atoms with E-state index in [0.717, 1.165) is 5.56 Å². The number of nitrogens with two attached hydrogens (primary N) is 1. The number of ketones is 1. The molecule has 2 unspecified atom stereocenters. The number of carbonyl (C=O) groups excluding carboxylic acids is 1. The van der Waals surface area contributed by atoms with Gasteiger partial charge in [-0.2, -0.15) is 0 Å². The molecule has 0 amide bonds. The average molecular weight is 283 g/mol. The van der Waals surface area contributed by atoms with E-state index in [9.17, 15) is 9.00 Å². The van der Waals surface area contributed by atoms with Crippen molar-refractivity contribution in [3.63, 3.8) is 0 Å². The largest absolute Gasteiger partial charge is 0.321 e. The van der Waals surface area contributed by atoms with Crippen LogP contribution in [0.25, 0.3) is 0 Å². The molecule has 2 N–H and O–H groups in total. The quantitative estimate of drug-likeness (QED) is 0.872. The minimum atomic E-state index is -1.08. The Balaban J connectivity index is 0.00000154. The number of hydrogen-bond donors (Lipinski definition) is 1. The molecule has 0 aromatic heterocycles. The fourth-order valence-corrected chi connectivity index (χ4v) is 2.78. The van der Waals surface area contributed by atoms with Gasteiger partial charge >= 0.3 is 0 Å². The highest BCUT2D eigenvalue weighted by Crippen LogP contribution is 2.05. The molecule has 0 bridgehead atoms. The molecule has 19 heavy (non-hydrogen) atoms. The minimum absolute atomic E-state index is 0.0218. The SMILES string of the molecule is CC.CC(C)C(=O)C(N)CS(=O)Cc1ccccc1. The van der Waals surface area contributed by atoms with Crippen molar-refractivity contribution in [3.05, 3.63) is 35.9 Å². The Labute approximate surface area is 119 Å². The maximum Gasteiger partial charge on any atom is 0.152 e. The molecular formula is C15H25NO2S. The summed E-state index contributed by atoms with van der Waals surface area (Å²) in [6.45, 7) is 7.62. The maximum absolute atomic E-state index is 11.8. The second-order valence-electron chi connectivity index (χ2n) is 4.40. The Morgan fingerprint density at radius 3 is 2.21 bits per heavy atom. The maximum atomic E-state index is 11.8. The summed E-state index contributed by atoms with van der Waals surface area (Å²) in [4.78, 5) is 11.6. The van der Waals surface area contributed by atoms with Crippen LogP contribution in [0.2, 0.25) is 0 Å². The van der Waals surface area contributed by atoms with Crippen molar-refractivity contribution < 1.29 is 9.00 Å². The topological polar surface area (TPSA) is 60.2 Å². The van der Waals surface area contributed by atoms with Crippen LogP contribution >= 0.6 is 0 Å². The zero-order valence-corrected chi connectivity index (χ0v) is 13.1. The minimum Gasteiger partial charge on any atom is -0.321 e. The monoisotopic (exact) mass is 283 g/mol. The Morgan fingerprint density at radius 2 is 1.74 bits per heavy atom. The molecule has 0 fully saturated rings. The van der Waals surface area contributed by atoms with Crippen LogP contribution in [-0.2, 0) is 21.3 Å². The van der Waals surface area contributed by atoms with Crippen molar-refractivity contribution in [2.75, 3.05) is 5.75 Å². The predicted octanol–water partition coefficient (Wildman–Crippen LogP) is 2.51. The van der Waals surface area contributed by atoms with Gasteiger partial charge in [0.15, 0.2) is 5.78 Å². The molecule has 0 saturated heterocycles. The predicted molar refractivity (Wildman–Crippen MR) is 82.3 cm³/mol. The first-order valence-corrected chi connectivity index (χ1v) is 8.17. The summed E-state index contributed by atoms with van der Waals surface area (Å²) in [5.41, 5.74) is 6.74. The Hall–Kier alpha value is -1.00. The Bertz CT molecular complexity index is 390. The average Bonchev–Trinajstić information content (AvgIpc) is 2.40. The molecule has 0 heterocycles. The van der Waals surface area contributed by atoms with Gasteiger partial charge in [0.05, 0.1) is 6.04 Å². The van der Waals surface area contributed by atoms with E-state index in [0.29, 0.717) is 5.75 Å². The van der Waals surface area contributed by atoms with Gasteiger partial charge in [0.1, 0.15) is 0 Å². The lowest BCUT2D eigenvalue weighted by Crippen LogP contribution is -2.38. The number of benzene rings is 1. The molecule has 1 aromatic rings.